The van der Waals surface area contributed by atoms with Gasteiger partial charge in [-0.25, -0.2) is 12.8 Å². The van der Waals surface area contributed by atoms with Crippen molar-refractivity contribution in [3.63, 3.8) is 0 Å². The zero-order chi connectivity index (χ0) is 25.8. The highest BCUT2D eigenvalue weighted by atomic mass is 127. The molecule has 190 valence electrons. The first kappa shape index (κ1) is 27.9. The predicted molar refractivity (Wildman–Crippen MR) is 145 cm³/mol. The van der Waals surface area contributed by atoms with Crippen molar-refractivity contribution in [2.45, 2.75) is 44.3 Å². The van der Waals surface area contributed by atoms with Crippen molar-refractivity contribution in [3.8, 4) is 0 Å². The van der Waals surface area contributed by atoms with Gasteiger partial charge in [-0.15, -0.1) is 0 Å². The fourth-order valence-corrected chi connectivity index (χ4v) is 5.63. The normalized spacial score (nSPS) is 24.4. The maximum atomic E-state index is 15.7. The number of likely N-dealkylation sites (tertiary alicyclic amines) is 1. The van der Waals surface area contributed by atoms with Gasteiger partial charge in [-0.1, -0.05) is 42.0 Å². The van der Waals surface area contributed by atoms with Crippen molar-refractivity contribution < 1.29 is 22.4 Å². The van der Waals surface area contributed by atoms with Crippen LogP contribution in [0.1, 0.15) is 38.2 Å². The molecule has 1 saturated heterocycles. The van der Waals surface area contributed by atoms with Crippen molar-refractivity contribution in [2.24, 2.45) is 5.92 Å². The Morgan fingerprint density at radius 1 is 1.29 bits per heavy atom. The van der Waals surface area contributed by atoms with E-state index in [9.17, 15) is 18.0 Å². The van der Waals surface area contributed by atoms with E-state index in [1.165, 1.54) is 6.08 Å². The van der Waals surface area contributed by atoms with E-state index in [4.69, 9.17) is 11.6 Å². The summed E-state index contributed by atoms with van der Waals surface area (Å²) in [5, 5.41) is 4.09. The molecular formula is C25H29ClFIN2O4S. The zero-order valence-corrected chi connectivity index (χ0v) is 23.4. The second-order valence-corrected chi connectivity index (χ2v) is 12.6. The van der Waals surface area contributed by atoms with Gasteiger partial charge in [0.15, 0.2) is 15.5 Å². The van der Waals surface area contributed by atoms with Gasteiger partial charge in [0, 0.05) is 45.8 Å². The number of hydrogen-bond acceptors (Lipinski definition) is 4. The van der Waals surface area contributed by atoms with Crippen LogP contribution >= 0.6 is 34.2 Å². The van der Waals surface area contributed by atoms with Crippen LogP contribution < -0.4 is 5.32 Å². The summed E-state index contributed by atoms with van der Waals surface area (Å²) in [7, 11) is -3.35. The average molecular weight is 635 g/mol. The quantitative estimate of drug-likeness (QED) is 0.454. The highest BCUT2D eigenvalue weighted by molar-refractivity contribution is 14.1. The first-order valence-electron chi connectivity index (χ1n) is 11.4. The SMILES string of the molecule is C[C@H](/C=C\S(C)(=O)=O)NC(=O)[C@@]1(F)CCCN(C(=O)C2CC=C(I)C=C2c2ccccc2Cl)CC1. The number of carbonyl (C=O) groups excluding carboxylic acids is 2. The molecule has 1 aromatic rings. The van der Waals surface area contributed by atoms with E-state index in [2.05, 4.69) is 27.9 Å². The smallest absolute Gasteiger partial charge is 0.258 e. The molecule has 0 saturated carbocycles. The Kier molecular flexibility index (Phi) is 9.20. The number of sulfone groups is 1. The molecule has 1 heterocycles. The second-order valence-electron chi connectivity index (χ2n) is 9.02. The summed E-state index contributed by atoms with van der Waals surface area (Å²) in [6.45, 7) is 2.05. The Morgan fingerprint density at radius 2 is 2.00 bits per heavy atom. The molecule has 3 rings (SSSR count). The van der Waals surface area contributed by atoms with E-state index in [-0.39, 0.29) is 25.3 Å². The number of amides is 2. The monoisotopic (exact) mass is 634 g/mol. The number of nitrogens with one attached hydrogen (secondary N) is 1. The van der Waals surface area contributed by atoms with Crippen LogP contribution in [0.5, 0.6) is 0 Å². The minimum atomic E-state index is -3.35. The van der Waals surface area contributed by atoms with E-state index in [0.717, 1.165) is 26.4 Å². The highest BCUT2D eigenvalue weighted by Gasteiger charge is 2.42. The minimum absolute atomic E-state index is 0.0131. The third-order valence-corrected chi connectivity index (χ3v) is 7.90. The fourth-order valence-electron chi connectivity index (χ4n) is 4.27. The first-order valence-corrected chi connectivity index (χ1v) is 14.8. The maximum absolute atomic E-state index is 15.7. The maximum Gasteiger partial charge on any atom is 0.258 e. The summed E-state index contributed by atoms with van der Waals surface area (Å²) in [5.41, 5.74) is -0.488. The number of halogens is 3. The van der Waals surface area contributed by atoms with E-state index >= 15 is 4.39 Å². The standard InChI is InChI=1S/C25H29ClFIN2O4S/c1-17(10-15-35(2,33)34)29-24(32)25(27)11-5-13-30(14-12-25)23(31)20-9-8-18(28)16-21(20)19-6-3-4-7-22(19)26/h3-4,6-8,10,15-17,20H,5,9,11-14H2,1-2H3,(H,29,32)/b15-10-/t17-,20?,25-/m1/s1. The lowest BCUT2D eigenvalue weighted by Gasteiger charge is -2.30. The van der Waals surface area contributed by atoms with Crippen LogP contribution in [0.3, 0.4) is 0 Å². The van der Waals surface area contributed by atoms with Crippen LogP contribution in [-0.4, -0.2) is 56.2 Å². The van der Waals surface area contributed by atoms with Gasteiger partial charge in [0.1, 0.15) is 0 Å². The Morgan fingerprint density at radius 3 is 2.69 bits per heavy atom. The topological polar surface area (TPSA) is 83.6 Å². The summed E-state index contributed by atoms with van der Waals surface area (Å²) in [4.78, 5) is 27.9. The molecule has 1 fully saturated rings. The van der Waals surface area contributed by atoms with Crippen molar-refractivity contribution >= 4 is 61.4 Å². The van der Waals surface area contributed by atoms with Gasteiger partial charge >= 0.3 is 0 Å². The number of alkyl halides is 1. The van der Waals surface area contributed by atoms with Crippen LogP contribution in [-0.2, 0) is 19.4 Å². The number of allylic oxidation sites excluding steroid dienone is 3. The molecule has 0 aromatic heterocycles. The molecule has 0 spiro atoms. The number of rotatable bonds is 6. The fraction of sp³-hybridized carbons (Fsp3) is 0.440. The van der Waals surface area contributed by atoms with Gasteiger partial charge in [0.25, 0.3) is 5.91 Å². The van der Waals surface area contributed by atoms with E-state index in [1.54, 1.807) is 17.9 Å². The summed E-state index contributed by atoms with van der Waals surface area (Å²) in [6, 6.07) is 6.75. The molecule has 3 atom stereocenters. The van der Waals surface area contributed by atoms with Crippen LogP contribution in [0.15, 0.2) is 51.5 Å². The lowest BCUT2D eigenvalue weighted by molar-refractivity contribution is -0.136. The molecule has 1 N–H and O–H groups in total. The van der Waals surface area contributed by atoms with Crippen LogP contribution in [0.4, 0.5) is 4.39 Å². The molecule has 0 radical (unpaired) electrons. The van der Waals surface area contributed by atoms with Gasteiger partial charge in [-0.3, -0.25) is 9.59 Å². The van der Waals surface area contributed by atoms with E-state index in [0.29, 0.717) is 24.4 Å². The van der Waals surface area contributed by atoms with Gasteiger partial charge in [0.2, 0.25) is 5.91 Å². The zero-order valence-electron chi connectivity index (χ0n) is 19.6. The van der Waals surface area contributed by atoms with Crippen LogP contribution in [0.2, 0.25) is 5.02 Å². The first-order chi connectivity index (χ1) is 16.4. The van der Waals surface area contributed by atoms with E-state index < -0.39 is 33.4 Å². The molecule has 6 nitrogen and oxygen atoms in total. The van der Waals surface area contributed by atoms with Crippen LogP contribution in [0, 0.1) is 5.92 Å². The summed E-state index contributed by atoms with van der Waals surface area (Å²) < 4.78 is 39.2. The van der Waals surface area contributed by atoms with Gasteiger partial charge in [-0.05, 0) is 72.1 Å². The molecule has 0 bridgehead atoms. The Hall–Kier alpha value is -1.72. The van der Waals surface area contributed by atoms with Gasteiger partial charge in [0.05, 0.1) is 5.92 Å². The van der Waals surface area contributed by atoms with Crippen molar-refractivity contribution in [1.82, 2.24) is 10.2 Å². The molecule has 1 aliphatic carbocycles. The molecule has 1 unspecified atom stereocenters. The highest BCUT2D eigenvalue weighted by Crippen LogP contribution is 2.38. The van der Waals surface area contributed by atoms with Crippen LogP contribution in [0.25, 0.3) is 5.57 Å². The number of benzene rings is 1. The summed E-state index contributed by atoms with van der Waals surface area (Å²) in [6.07, 6.45) is 7.04. The van der Waals surface area contributed by atoms with E-state index in [1.807, 2.05) is 30.4 Å². The molecule has 1 aromatic carbocycles. The Labute approximate surface area is 224 Å². The van der Waals surface area contributed by atoms with Crippen molar-refractivity contribution in [2.75, 3.05) is 19.3 Å². The molecule has 2 amide bonds. The van der Waals surface area contributed by atoms with Crippen molar-refractivity contribution in [3.05, 3.63) is 62.1 Å². The lowest BCUT2D eigenvalue weighted by atomic mass is 9.85. The molecule has 1 aliphatic heterocycles. The average Bonchev–Trinajstić information content (AvgIpc) is 3.00. The van der Waals surface area contributed by atoms with Gasteiger partial charge in [-0.2, -0.15) is 0 Å². The molecular weight excluding hydrogens is 606 g/mol. The molecule has 10 heteroatoms. The summed E-state index contributed by atoms with van der Waals surface area (Å²) >= 11 is 8.65. The minimum Gasteiger partial charge on any atom is -0.347 e. The third-order valence-electron chi connectivity index (χ3n) is 6.17. The molecule has 2 aliphatic rings. The Bertz CT molecular complexity index is 1180. The number of carbonyl (C=O) groups is 2. The third kappa shape index (κ3) is 7.39. The summed E-state index contributed by atoms with van der Waals surface area (Å²) in [5.74, 6) is -1.33. The van der Waals surface area contributed by atoms with Gasteiger partial charge < -0.3 is 10.2 Å². The van der Waals surface area contributed by atoms with Crippen molar-refractivity contribution in [1.29, 1.82) is 0 Å². The number of hydrogen-bond donors (Lipinski definition) is 1. The number of nitrogens with zero attached hydrogens (tertiary/aromatic N) is 1. The largest absolute Gasteiger partial charge is 0.347 e. The lowest BCUT2D eigenvalue weighted by Crippen LogP contribution is -2.47. The molecule has 35 heavy (non-hydrogen) atoms. The Balaban J connectivity index is 1.71. The second kappa shape index (κ2) is 11.6. The predicted octanol–water partition coefficient (Wildman–Crippen LogP) is 4.85.